The highest BCUT2D eigenvalue weighted by Crippen LogP contribution is 2.28. The molecule has 2 rings (SSSR count). The Hall–Kier alpha value is -1.39. The van der Waals surface area contributed by atoms with Crippen molar-refractivity contribution in [1.29, 1.82) is 0 Å². The van der Waals surface area contributed by atoms with Crippen molar-refractivity contribution in [3.05, 3.63) is 11.7 Å². The van der Waals surface area contributed by atoms with Crippen LogP contribution in [-0.2, 0) is 0 Å². The van der Waals surface area contributed by atoms with Gasteiger partial charge in [0.15, 0.2) is 0 Å². The molecule has 0 saturated heterocycles. The van der Waals surface area contributed by atoms with Gasteiger partial charge < -0.3 is 9.84 Å². The third-order valence-electron chi connectivity index (χ3n) is 2.16. The second-order valence-electron chi connectivity index (χ2n) is 3.43. The van der Waals surface area contributed by atoms with E-state index < -0.39 is 0 Å². The Balaban J connectivity index is 1.97. The molecule has 1 amide bonds. The molecule has 70 valence electrons. The fraction of sp³-hybridized carbons (Fsp3) is 0.625. The van der Waals surface area contributed by atoms with Crippen molar-refractivity contribution < 1.29 is 9.32 Å². The Labute approximate surface area is 75.5 Å². The van der Waals surface area contributed by atoms with Crippen LogP contribution in [0, 0.1) is 12.8 Å². The molecule has 0 aliphatic heterocycles. The average Bonchev–Trinajstić information content (AvgIpc) is 2.62. The molecule has 1 aromatic heterocycles. The molecular formula is C8H11N3O2. The average molecular weight is 181 g/mol. The standard InChI is InChI=1S/C8H11N3O2/c1-4-3-6(4)10-8(12)7-9-5(2)13-11-7/h4,6H,3H2,1-2H3,(H,10,12)/t4-,6-/m1/s1. The molecule has 1 saturated carbocycles. The van der Waals surface area contributed by atoms with Gasteiger partial charge in [0.05, 0.1) is 0 Å². The van der Waals surface area contributed by atoms with Gasteiger partial charge in [0.1, 0.15) is 0 Å². The highest BCUT2D eigenvalue weighted by atomic mass is 16.5. The molecule has 1 heterocycles. The third kappa shape index (κ3) is 1.68. The van der Waals surface area contributed by atoms with Crippen LogP contribution in [0.25, 0.3) is 0 Å². The minimum atomic E-state index is -0.244. The van der Waals surface area contributed by atoms with E-state index in [2.05, 4.69) is 22.4 Å². The Morgan fingerprint density at radius 3 is 2.85 bits per heavy atom. The van der Waals surface area contributed by atoms with Gasteiger partial charge in [-0.25, -0.2) is 0 Å². The zero-order chi connectivity index (χ0) is 9.42. The summed E-state index contributed by atoms with van der Waals surface area (Å²) in [5.74, 6) is 0.869. The molecule has 5 heteroatoms. The van der Waals surface area contributed by atoms with Crippen molar-refractivity contribution in [2.24, 2.45) is 5.92 Å². The molecule has 0 bridgehead atoms. The van der Waals surface area contributed by atoms with Gasteiger partial charge in [-0.2, -0.15) is 4.98 Å². The maximum absolute atomic E-state index is 11.4. The quantitative estimate of drug-likeness (QED) is 0.722. The number of hydrogen-bond donors (Lipinski definition) is 1. The molecule has 1 N–H and O–H groups in total. The predicted octanol–water partition coefficient (Wildman–Crippen LogP) is 0.516. The maximum Gasteiger partial charge on any atom is 0.292 e. The fourth-order valence-corrected chi connectivity index (χ4v) is 1.15. The molecular weight excluding hydrogens is 170 g/mol. The van der Waals surface area contributed by atoms with Gasteiger partial charge in [-0.3, -0.25) is 4.79 Å². The van der Waals surface area contributed by atoms with Crippen molar-refractivity contribution in [1.82, 2.24) is 15.5 Å². The van der Waals surface area contributed by atoms with Gasteiger partial charge in [-0.15, -0.1) is 0 Å². The largest absolute Gasteiger partial charge is 0.346 e. The number of aromatic nitrogens is 2. The van der Waals surface area contributed by atoms with Crippen molar-refractivity contribution >= 4 is 5.91 Å². The highest BCUT2D eigenvalue weighted by Gasteiger charge is 2.34. The first kappa shape index (κ1) is 8.22. The molecule has 1 fully saturated rings. The van der Waals surface area contributed by atoms with E-state index in [1.165, 1.54) is 0 Å². The first-order valence-electron chi connectivity index (χ1n) is 4.28. The molecule has 0 radical (unpaired) electrons. The minimum absolute atomic E-state index is 0.122. The van der Waals surface area contributed by atoms with Crippen molar-refractivity contribution in [2.45, 2.75) is 26.3 Å². The van der Waals surface area contributed by atoms with E-state index in [-0.39, 0.29) is 11.7 Å². The summed E-state index contributed by atoms with van der Waals surface area (Å²) in [4.78, 5) is 15.2. The molecule has 13 heavy (non-hydrogen) atoms. The van der Waals surface area contributed by atoms with Gasteiger partial charge in [0.25, 0.3) is 11.7 Å². The van der Waals surface area contributed by atoms with Gasteiger partial charge in [0, 0.05) is 13.0 Å². The second kappa shape index (κ2) is 2.83. The number of rotatable bonds is 2. The Morgan fingerprint density at radius 1 is 1.69 bits per heavy atom. The summed E-state index contributed by atoms with van der Waals surface area (Å²) in [6, 6.07) is 0.298. The lowest BCUT2D eigenvalue weighted by Gasteiger charge is -1.97. The van der Waals surface area contributed by atoms with Gasteiger partial charge in [-0.05, 0) is 12.3 Å². The number of amides is 1. The van der Waals surface area contributed by atoms with Crippen molar-refractivity contribution in [2.75, 3.05) is 0 Å². The van der Waals surface area contributed by atoms with E-state index in [0.29, 0.717) is 17.9 Å². The molecule has 1 aliphatic rings. The lowest BCUT2D eigenvalue weighted by molar-refractivity contribution is 0.0936. The first-order chi connectivity index (χ1) is 6.16. The minimum Gasteiger partial charge on any atom is -0.346 e. The molecule has 1 aromatic rings. The van der Waals surface area contributed by atoms with Gasteiger partial charge in [-0.1, -0.05) is 12.1 Å². The van der Waals surface area contributed by atoms with E-state index >= 15 is 0 Å². The highest BCUT2D eigenvalue weighted by molar-refractivity contribution is 5.90. The van der Waals surface area contributed by atoms with Crippen LogP contribution in [0.2, 0.25) is 0 Å². The number of aryl methyl sites for hydroxylation is 1. The molecule has 5 nitrogen and oxygen atoms in total. The van der Waals surface area contributed by atoms with Crippen LogP contribution in [-0.4, -0.2) is 22.1 Å². The van der Waals surface area contributed by atoms with Crippen LogP contribution >= 0.6 is 0 Å². The Kier molecular flexibility index (Phi) is 1.79. The monoisotopic (exact) mass is 181 g/mol. The number of nitrogens with one attached hydrogen (secondary N) is 1. The summed E-state index contributed by atoms with van der Waals surface area (Å²) in [6.45, 7) is 3.75. The molecule has 0 aromatic carbocycles. The van der Waals surface area contributed by atoms with E-state index in [1.807, 2.05) is 0 Å². The van der Waals surface area contributed by atoms with Gasteiger partial charge >= 0.3 is 0 Å². The fourth-order valence-electron chi connectivity index (χ4n) is 1.15. The summed E-state index contributed by atoms with van der Waals surface area (Å²) in [7, 11) is 0. The van der Waals surface area contributed by atoms with E-state index in [4.69, 9.17) is 4.52 Å². The predicted molar refractivity (Wildman–Crippen MR) is 44.1 cm³/mol. The molecule has 2 atom stereocenters. The summed E-state index contributed by atoms with van der Waals surface area (Å²) in [5.41, 5.74) is 0. The second-order valence-corrected chi connectivity index (χ2v) is 3.43. The van der Waals surface area contributed by atoms with Crippen LogP contribution in [0.3, 0.4) is 0 Å². The summed E-state index contributed by atoms with van der Waals surface area (Å²) in [6.07, 6.45) is 1.04. The lowest BCUT2D eigenvalue weighted by Crippen LogP contribution is -2.27. The SMILES string of the molecule is Cc1nc(C(=O)N[C@@H]2C[C@H]2C)no1. The topological polar surface area (TPSA) is 68.0 Å². The summed E-state index contributed by atoms with van der Waals surface area (Å²) >= 11 is 0. The number of carbonyl (C=O) groups is 1. The van der Waals surface area contributed by atoms with Crippen LogP contribution in [0.5, 0.6) is 0 Å². The van der Waals surface area contributed by atoms with Gasteiger partial charge in [0.2, 0.25) is 5.89 Å². The van der Waals surface area contributed by atoms with Crippen LogP contribution in [0.1, 0.15) is 29.9 Å². The lowest BCUT2D eigenvalue weighted by atomic mass is 10.4. The van der Waals surface area contributed by atoms with E-state index in [1.54, 1.807) is 6.92 Å². The normalized spacial score (nSPS) is 25.7. The maximum atomic E-state index is 11.4. The Bertz CT molecular complexity index is 334. The van der Waals surface area contributed by atoms with Crippen LogP contribution < -0.4 is 5.32 Å². The number of carbonyl (C=O) groups excluding carboxylic acids is 1. The van der Waals surface area contributed by atoms with E-state index in [0.717, 1.165) is 6.42 Å². The van der Waals surface area contributed by atoms with Crippen LogP contribution in [0.15, 0.2) is 4.52 Å². The zero-order valence-electron chi connectivity index (χ0n) is 7.57. The first-order valence-corrected chi connectivity index (χ1v) is 4.28. The number of hydrogen-bond acceptors (Lipinski definition) is 4. The molecule has 1 aliphatic carbocycles. The Morgan fingerprint density at radius 2 is 2.38 bits per heavy atom. The van der Waals surface area contributed by atoms with Crippen LogP contribution in [0.4, 0.5) is 0 Å². The molecule has 0 unspecified atom stereocenters. The smallest absolute Gasteiger partial charge is 0.292 e. The summed E-state index contributed by atoms with van der Waals surface area (Å²) < 4.78 is 4.69. The molecule has 0 spiro atoms. The summed E-state index contributed by atoms with van der Waals surface area (Å²) in [5, 5.41) is 6.33. The van der Waals surface area contributed by atoms with E-state index in [9.17, 15) is 4.79 Å². The third-order valence-corrected chi connectivity index (χ3v) is 2.16. The van der Waals surface area contributed by atoms with Crippen molar-refractivity contribution in [3.63, 3.8) is 0 Å². The number of nitrogens with zero attached hydrogens (tertiary/aromatic N) is 2. The zero-order valence-corrected chi connectivity index (χ0v) is 7.57. The van der Waals surface area contributed by atoms with Crippen molar-refractivity contribution in [3.8, 4) is 0 Å².